The Kier molecular flexibility index (Phi) is 7.39. The topological polar surface area (TPSA) is 90.7 Å². The zero-order chi connectivity index (χ0) is 22.4. The molecule has 0 unspecified atom stereocenters. The number of hydrogen-bond acceptors (Lipinski definition) is 5. The molecule has 0 aliphatic carbocycles. The lowest BCUT2D eigenvalue weighted by atomic mass is 10.1. The van der Waals surface area contributed by atoms with Crippen molar-refractivity contribution in [2.45, 2.75) is 6.42 Å². The number of amides is 1. The van der Waals surface area contributed by atoms with Crippen molar-refractivity contribution in [3.8, 4) is 5.75 Å². The zero-order valence-electron chi connectivity index (χ0n) is 16.7. The minimum Gasteiger partial charge on any atom is -0.490 e. The van der Waals surface area contributed by atoms with E-state index in [1.165, 1.54) is 13.2 Å². The Morgan fingerprint density at radius 1 is 0.968 bits per heavy atom. The molecule has 160 valence electrons. The van der Waals surface area contributed by atoms with E-state index in [1.807, 2.05) is 12.1 Å². The highest BCUT2D eigenvalue weighted by Gasteiger charge is 2.11. The Balaban J connectivity index is 1.57. The molecule has 0 atom stereocenters. The molecule has 31 heavy (non-hydrogen) atoms. The summed E-state index contributed by atoms with van der Waals surface area (Å²) in [6.07, 6.45) is 0.617. The molecule has 0 saturated heterocycles. The van der Waals surface area contributed by atoms with Gasteiger partial charge in [-0.3, -0.25) is 4.79 Å². The number of carbonyl (C=O) groups excluding carboxylic acids is 2. The number of nitrogens with one attached hydrogen (secondary N) is 1. The van der Waals surface area contributed by atoms with Crippen molar-refractivity contribution in [1.29, 1.82) is 0 Å². The van der Waals surface area contributed by atoms with Crippen LogP contribution in [-0.2, 0) is 11.2 Å². The van der Waals surface area contributed by atoms with Crippen LogP contribution in [0, 0.1) is 0 Å². The zero-order valence-corrected chi connectivity index (χ0v) is 18.2. The Bertz CT molecular complexity index is 1080. The fourth-order valence-corrected chi connectivity index (χ4v) is 3.46. The molecule has 0 bridgehead atoms. The summed E-state index contributed by atoms with van der Waals surface area (Å²) in [6, 6.07) is 16.9. The van der Waals surface area contributed by atoms with Gasteiger partial charge in [0.2, 0.25) is 0 Å². The summed E-state index contributed by atoms with van der Waals surface area (Å²) >= 11 is 12.2. The number of nitrogen functional groups attached to an aromatic ring is 1. The third kappa shape index (κ3) is 5.90. The Hall–Kier alpha value is -3.22. The van der Waals surface area contributed by atoms with Crippen LogP contribution in [-0.4, -0.2) is 25.6 Å². The van der Waals surface area contributed by atoms with Gasteiger partial charge in [0.05, 0.1) is 29.3 Å². The van der Waals surface area contributed by atoms with Crippen molar-refractivity contribution in [3.05, 3.63) is 87.4 Å². The fraction of sp³-hybridized carbons (Fsp3) is 0.130. The first-order valence-corrected chi connectivity index (χ1v) is 10.1. The first-order valence-electron chi connectivity index (χ1n) is 9.33. The number of benzene rings is 3. The van der Waals surface area contributed by atoms with Crippen LogP contribution in [0.2, 0.25) is 10.0 Å². The minimum atomic E-state index is -0.497. The van der Waals surface area contributed by atoms with Gasteiger partial charge in [-0.05, 0) is 48.0 Å². The van der Waals surface area contributed by atoms with Crippen LogP contribution in [0.15, 0.2) is 60.7 Å². The van der Waals surface area contributed by atoms with Gasteiger partial charge >= 0.3 is 5.97 Å². The Morgan fingerprint density at radius 3 is 2.26 bits per heavy atom. The lowest BCUT2D eigenvalue weighted by Crippen LogP contribution is -2.13. The van der Waals surface area contributed by atoms with Crippen molar-refractivity contribution < 1.29 is 19.1 Å². The summed E-state index contributed by atoms with van der Waals surface area (Å²) in [5.41, 5.74) is 8.46. The van der Waals surface area contributed by atoms with Gasteiger partial charge in [0.1, 0.15) is 0 Å². The number of methoxy groups -OCH3 is 1. The molecule has 8 heteroatoms. The van der Waals surface area contributed by atoms with Gasteiger partial charge in [0.15, 0.2) is 5.75 Å². The van der Waals surface area contributed by atoms with Crippen molar-refractivity contribution in [2.75, 3.05) is 24.8 Å². The van der Waals surface area contributed by atoms with Crippen LogP contribution >= 0.6 is 23.2 Å². The lowest BCUT2D eigenvalue weighted by Gasteiger charge is -2.11. The van der Waals surface area contributed by atoms with Gasteiger partial charge in [-0.1, -0.05) is 41.4 Å². The van der Waals surface area contributed by atoms with Crippen LogP contribution in [0.5, 0.6) is 5.75 Å². The number of hydrogen-bond donors (Lipinski definition) is 2. The molecular weight excluding hydrogens is 439 g/mol. The van der Waals surface area contributed by atoms with Crippen LogP contribution in [0.3, 0.4) is 0 Å². The summed E-state index contributed by atoms with van der Waals surface area (Å²) in [5, 5.41) is 3.52. The van der Waals surface area contributed by atoms with Gasteiger partial charge in [-0.15, -0.1) is 0 Å². The average molecular weight is 459 g/mol. The van der Waals surface area contributed by atoms with Crippen LogP contribution in [0.4, 0.5) is 11.4 Å². The van der Waals surface area contributed by atoms with E-state index in [-0.39, 0.29) is 5.91 Å². The number of rotatable bonds is 7. The molecule has 0 fully saturated rings. The highest BCUT2D eigenvalue weighted by Crippen LogP contribution is 2.35. The third-order valence-corrected chi connectivity index (χ3v) is 4.98. The molecule has 0 radical (unpaired) electrons. The highest BCUT2D eigenvalue weighted by atomic mass is 35.5. The van der Waals surface area contributed by atoms with E-state index >= 15 is 0 Å². The van der Waals surface area contributed by atoms with Gasteiger partial charge in [0.25, 0.3) is 5.91 Å². The van der Waals surface area contributed by atoms with Crippen LogP contribution < -0.4 is 15.8 Å². The summed E-state index contributed by atoms with van der Waals surface area (Å²) < 4.78 is 10.4. The molecule has 6 nitrogen and oxygen atoms in total. The quantitative estimate of drug-likeness (QED) is 0.373. The average Bonchev–Trinajstić information content (AvgIpc) is 2.76. The van der Waals surface area contributed by atoms with E-state index in [4.69, 9.17) is 33.7 Å². The van der Waals surface area contributed by atoms with E-state index in [0.717, 1.165) is 5.56 Å². The number of nitrogens with two attached hydrogens (primary N) is 1. The maximum absolute atomic E-state index is 12.5. The third-order valence-electron chi connectivity index (χ3n) is 4.42. The number of esters is 1. The largest absolute Gasteiger partial charge is 0.490 e. The minimum absolute atomic E-state index is 0.312. The summed E-state index contributed by atoms with van der Waals surface area (Å²) in [7, 11) is 1.29. The van der Waals surface area contributed by atoms with Gasteiger partial charge in [-0.2, -0.15) is 0 Å². The number of carbonyl (C=O) groups is 2. The molecule has 0 aliphatic rings. The van der Waals surface area contributed by atoms with Crippen LogP contribution in [0.1, 0.15) is 26.3 Å². The molecule has 0 saturated carbocycles. The summed E-state index contributed by atoms with van der Waals surface area (Å²) in [5.74, 6) is -0.423. The maximum Gasteiger partial charge on any atom is 0.337 e. The van der Waals surface area contributed by atoms with Crippen molar-refractivity contribution in [1.82, 2.24) is 0 Å². The maximum atomic E-state index is 12.5. The van der Waals surface area contributed by atoms with E-state index in [2.05, 4.69) is 10.1 Å². The smallest absolute Gasteiger partial charge is 0.337 e. The molecule has 3 aromatic rings. The summed E-state index contributed by atoms with van der Waals surface area (Å²) in [4.78, 5) is 24.1. The Morgan fingerprint density at radius 2 is 1.61 bits per heavy atom. The van der Waals surface area contributed by atoms with Crippen molar-refractivity contribution in [3.63, 3.8) is 0 Å². The second-order valence-electron chi connectivity index (χ2n) is 6.64. The SMILES string of the molecule is COC(=O)c1cccc(C(=O)Nc2ccc(CCOc3c(Cl)cc(N)cc3Cl)cc2)c1. The van der Waals surface area contributed by atoms with Crippen LogP contribution in [0.25, 0.3) is 0 Å². The molecule has 0 aliphatic heterocycles. The normalized spacial score (nSPS) is 10.4. The van der Waals surface area contributed by atoms with Gasteiger partial charge < -0.3 is 20.5 Å². The summed E-state index contributed by atoms with van der Waals surface area (Å²) in [6.45, 7) is 0.370. The number of anilines is 2. The second kappa shape index (κ2) is 10.2. The molecule has 1 amide bonds. The Labute approximate surface area is 189 Å². The molecule has 0 heterocycles. The van der Waals surface area contributed by atoms with E-state index in [1.54, 1.807) is 42.5 Å². The van der Waals surface area contributed by atoms with Crippen molar-refractivity contribution in [2.24, 2.45) is 0 Å². The lowest BCUT2D eigenvalue weighted by molar-refractivity contribution is 0.0600. The number of ether oxygens (including phenoxy) is 2. The fourth-order valence-electron chi connectivity index (χ4n) is 2.85. The molecular formula is C23H20Cl2N2O4. The van der Waals surface area contributed by atoms with E-state index < -0.39 is 5.97 Å². The predicted molar refractivity (Wildman–Crippen MR) is 122 cm³/mol. The van der Waals surface area contributed by atoms with Gasteiger partial charge in [-0.25, -0.2) is 4.79 Å². The molecule has 3 aromatic carbocycles. The predicted octanol–water partition coefficient (Wildman–Crippen LogP) is 5.24. The van der Waals surface area contributed by atoms with E-state index in [9.17, 15) is 9.59 Å². The molecule has 3 rings (SSSR count). The highest BCUT2D eigenvalue weighted by molar-refractivity contribution is 6.37. The first-order chi connectivity index (χ1) is 14.9. The van der Waals surface area contributed by atoms with Crippen molar-refractivity contribution >= 4 is 46.5 Å². The monoisotopic (exact) mass is 458 g/mol. The first kappa shape index (κ1) is 22.5. The second-order valence-corrected chi connectivity index (χ2v) is 7.45. The van der Waals surface area contributed by atoms with E-state index in [0.29, 0.717) is 51.3 Å². The van der Waals surface area contributed by atoms with Gasteiger partial charge in [0, 0.05) is 23.4 Å². The number of halogens is 2. The molecule has 3 N–H and O–H groups in total. The molecule has 0 spiro atoms. The molecule has 0 aromatic heterocycles. The standard InChI is InChI=1S/C23H20Cl2N2O4/c1-30-23(29)16-4-2-3-15(11-16)22(28)27-18-7-5-14(6-8-18)9-10-31-21-19(24)12-17(26)13-20(21)25/h2-8,11-13H,9-10,26H2,1H3,(H,27,28).